The van der Waals surface area contributed by atoms with Crippen molar-refractivity contribution in [2.45, 2.75) is 32.9 Å². The van der Waals surface area contributed by atoms with Crippen molar-refractivity contribution in [1.29, 1.82) is 0 Å². The number of benzene rings is 1. The molecule has 1 saturated heterocycles. The fraction of sp³-hybridized carbons (Fsp3) is 0.467. The zero-order valence-corrected chi connectivity index (χ0v) is 11.5. The van der Waals surface area contributed by atoms with Crippen molar-refractivity contribution in [2.75, 3.05) is 13.1 Å². The van der Waals surface area contributed by atoms with Gasteiger partial charge in [0.25, 0.3) is 0 Å². The highest BCUT2D eigenvalue weighted by Crippen LogP contribution is 2.20. The third-order valence-corrected chi connectivity index (χ3v) is 3.66. The Bertz CT molecular complexity index is 454. The third-order valence-electron chi connectivity index (χ3n) is 3.66. The Balaban J connectivity index is 2.11. The molecule has 1 aliphatic rings. The molecule has 0 aliphatic carbocycles. The molecule has 2 rings (SSSR count). The second-order valence-electron chi connectivity index (χ2n) is 4.74. The Morgan fingerprint density at radius 1 is 1.16 bits per heavy atom. The highest BCUT2D eigenvalue weighted by Gasteiger charge is 2.40. The van der Waals surface area contributed by atoms with Crippen LogP contribution in [0, 0.1) is 0 Å². The Morgan fingerprint density at radius 2 is 1.79 bits per heavy atom. The minimum absolute atomic E-state index is 0.0578. The van der Waals surface area contributed by atoms with Crippen LogP contribution in [0.15, 0.2) is 30.3 Å². The van der Waals surface area contributed by atoms with E-state index in [0.717, 1.165) is 18.7 Å². The van der Waals surface area contributed by atoms with Crippen molar-refractivity contribution in [3.05, 3.63) is 35.9 Å². The van der Waals surface area contributed by atoms with Crippen LogP contribution in [0.5, 0.6) is 0 Å². The van der Waals surface area contributed by atoms with Gasteiger partial charge in [0.05, 0.1) is 19.0 Å². The number of likely N-dealkylation sites (tertiary alicyclic amines) is 1. The molecule has 4 nitrogen and oxygen atoms in total. The predicted molar refractivity (Wildman–Crippen MR) is 73.3 cm³/mol. The van der Waals surface area contributed by atoms with E-state index < -0.39 is 0 Å². The molecular formula is C15H20N2O2. The summed E-state index contributed by atoms with van der Waals surface area (Å²) in [7, 11) is 0. The fourth-order valence-electron chi connectivity index (χ4n) is 2.55. The molecule has 2 amide bonds. The summed E-state index contributed by atoms with van der Waals surface area (Å²) in [4.78, 5) is 27.8. The molecular weight excluding hydrogens is 240 g/mol. The summed E-state index contributed by atoms with van der Waals surface area (Å²) in [6.45, 7) is 6.00. The van der Waals surface area contributed by atoms with Crippen LogP contribution in [-0.2, 0) is 16.1 Å². The summed E-state index contributed by atoms with van der Waals surface area (Å²) in [6.07, 6.45) is 0.313. The topological polar surface area (TPSA) is 40.6 Å². The van der Waals surface area contributed by atoms with Crippen LogP contribution in [0.1, 0.15) is 25.8 Å². The van der Waals surface area contributed by atoms with E-state index >= 15 is 0 Å². The number of nitrogens with zero attached hydrogens (tertiary/aromatic N) is 2. The Kier molecular flexibility index (Phi) is 4.32. The van der Waals surface area contributed by atoms with Crippen molar-refractivity contribution >= 4 is 11.8 Å². The zero-order valence-electron chi connectivity index (χ0n) is 11.5. The monoisotopic (exact) mass is 260 g/mol. The van der Waals surface area contributed by atoms with Gasteiger partial charge in [-0.3, -0.25) is 19.4 Å². The van der Waals surface area contributed by atoms with Gasteiger partial charge in [0.1, 0.15) is 0 Å². The highest BCUT2D eigenvalue weighted by atomic mass is 16.2. The van der Waals surface area contributed by atoms with E-state index in [1.165, 1.54) is 4.90 Å². The molecule has 1 fully saturated rings. The van der Waals surface area contributed by atoms with Gasteiger partial charge in [0.2, 0.25) is 11.8 Å². The molecule has 1 aromatic carbocycles. The lowest BCUT2D eigenvalue weighted by Crippen LogP contribution is -2.41. The van der Waals surface area contributed by atoms with Crippen LogP contribution in [0.3, 0.4) is 0 Å². The normalized spacial score (nSPS) is 19.5. The number of carbonyl (C=O) groups excluding carboxylic acids is 2. The number of amides is 2. The molecule has 102 valence electrons. The predicted octanol–water partition coefficient (Wildman–Crippen LogP) is 1.66. The molecule has 0 N–H and O–H groups in total. The fourth-order valence-corrected chi connectivity index (χ4v) is 2.55. The van der Waals surface area contributed by atoms with Crippen LogP contribution in [-0.4, -0.2) is 40.7 Å². The molecule has 0 saturated carbocycles. The number of carbonyl (C=O) groups is 2. The molecule has 1 atom stereocenters. The van der Waals surface area contributed by atoms with Crippen molar-refractivity contribution < 1.29 is 9.59 Å². The summed E-state index contributed by atoms with van der Waals surface area (Å²) < 4.78 is 0. The average Bonchev–Trinajstić information content (AvgIpc) is 2.70. The lowest BCUT2D eigenvalue weighted by Gasteiger charge is -2.24. The standard InChI is InChI=1S/C15H20N2O2/c1-3-16(4-2)13-10-14(18)17(15(13)19)11-12-8-6-5-7-9-12/h5-9,13H,3-4,10-11H2,1-2H3. The van der Waals surface area contributed by atoms with E-state index in [1.54, 1.807) is 0 Å². The minimum Gasteiger partial charge on any atom is -0.292 e. The molecule has 0 radical (unpaired) electrons. The molecule has 1 unspecified atom stereocenters. The average molecular weight is 260 g/mol. The van der Waals surface area contributed by atoms with Crippen molar-refractivity contribution in [1.82, 2.24) is 9.80 Å². The summed E-state index contributed by atoms with van der Waals surface area (Å²) in [5, 5.41) is 0. The van der Waals surface area contributed by atoms with Crippen molar-refractivity contribution in [3.63, 3.8) is 0 Å². The number of rotatable bonds is 5. The van der Waals surface area contributed by atoms with Gasteiger partial charge < -0.3 is 0 Å². The highest BCUT2D eigenvalue weighted by molar-refractivity contribution is 6.05. The lowest BCUT2D eigenvalue weighted by molar-refractivity contribution is -0.140. The Hall–Kier alpha value is -1.68. The van der Waals surface area contributed by atoms with Crippen LogP contribution in [0.25, 0.3) is 0 Å². The van der Waals surface area contributed by atoms with Crippen molar-refractivity contribution in [2.24, 2.45) is 0 Å². The summed E-state index contributed by atoms with van der Waals surface area (Å²) in [5.74, 6) is -0.122. The molecule has 0 bridgehead atoms. The van der Waals surface area contributed by atoms with Gasteiger partial charge in [0, 0.05) is 0 Å². The molecule has 1 aliphatic heterocycles. The van der Waals surface area contributed by atoms with E-state index in [9.17, 15) is 9.59 Å². The first-order chi connectivity index (χ1) is 9.17. The maximum absolute atomic E-state index is 12.3. The minimum atomic E-state index is -0.272. The molecule has 4 heteroatoms. The molecule has 1 aromatic rings. The van der Waals surface area contributed by atoms with Crippen LogP contribution >= 0.6 is 0 Å². The SMILES string of the molecule is CCN(CC)C1CC(=O)N(Cc2ccccc2)C1=O. The first kappa shape index (κ1) is 13.7. The van der Waals surface area contributed by atoms with Gasteiger partial charge in [-0.25, -0.2) is 0 Å². The van der Waals surface area contributed by atoms with Gasteiger partial charge in [-0.2, -0.15) is 0 Å². The number of hydrogen-bond acceptors (Lipinski definition) is 3. The maximum Gasteiger partial charge on any atom is 0.247 e. The number of hydrogen-bond donors (Lipinski definition) is 0. The molecule has 1 heterocycles. The smallest absolute Gasteiger partial charge is 0.247 e. The summed E-state index contributed by atoms with van der Waals surface area (Å²) in [5.41, 5.74) is 0.990. The van der Waals surface area contributed by atoms with E-state index in [2.05, 4.69) is 0 Å². The second-order valence-corrected chi connectivity index (χ2v) is 4.74. The first-order valence-electron chi connectivity index (χ1n) is 6.79. The largest absolute Gasteiger partial charge is 0.292 e. The van der Waals surface area contributed by atoms with Crippen LogP contribution in [0.4, 0.5) is 0 Å². The van der Waals surface area contributed by atoms with Gasteiger partial charge in [-0.15, -0.1) is 0 Å². The van der Waals surface area contributed by atoms with Gasteiger partial charge in [0.15, 0.2) is 0 Å². The van der Waals surface area contributed by atoms with E-state index in [0.29, 0.717) is 13.0 Å². The van der Waals surface area contributed by atoms with E-state index in [-0.39, 0.29) is 17.9 Å². The summed E-state index contributed by atoms with van der Waals surface area (Å²) >= 11 is 0. The van der Waals surface area contributed by atoms with E-state index in [4.69, 9.17) is 0 Å². The molecule has 0 spiro atoms. The van der Waals surface area contributed by atoms with Gasteiger partial charge in [-0.05, 0) is 18.7 Å². The van der Waals surface area contributed by atoms with Gasteiger partial charge >= 0.3 is 0 Å². The van der Waals surface area contributed by atoms with Crippen LogP contribution in [0.2, 0.25) is 0 Å². The van der Waals surface area contributed by atoms with Crippen molar-refractivity contribution in [3.8, 4) is 0 Å². The Labute approximate surface area is 114 Å². The maximum atomic E-state index is 12.3. The first-order valence-corrected chi connectivity index (χ1v) is 6.79. The van der Waals surface area contributed by atoms with Crippen LogP contribution < -0.4 is 0 Å². The third kappa shape index (κ3) is 2.84. The lowest BCUT2D eigenvalue weighted by atomic mass is 10.2. The molecule has 0 aromatic heterocycles. The van der Waals surface area contributed by atoms with E-state index in [1.807, 2.05) is 49.1 Å². The zero-order chi connectivity index (χ0) is 13.8. The molecule has 19 heavy (non-hydrogen) atoms. The summed E-state index contributed by atoms with van der Waals surface area (Å²) in [6, 6.07) is 9.36. The van der Waals surface area contributed by atoms with Gasteiger partial charge in [-0.1, -0.05) is 44.2 Å². The second kappa shape index (κ2) is 5.97. The quantitative estimate of drug-likeness (QED) is 0.756. The Morgan fingerprint density at radius 3 is 2.37 bits per heavy atom. The number of likely N-dealkylation sites (N-methyl/N-ethyl adjacent to an activating group) is 1. The number of imide groups is 1.